The van der Waals surface area contributed by atoms with Gasteiger partial charge in [0.25, 0.3) is 5.91 Å². The van der Waals surface area contributed by atoms with E-state index in [0.29, 0.717) is 18.8 Å². The summed E-state index contributed by atoms with van der Waals surface area (Å²) in [6.07, 6.45) is 2.68. The molecule has 7 heteroatoms. The second-order valence-corrected chi connectivity index (χ2v) is 8.47. The lowest BCUT2D eigenvalue weighted by Crippen LogP contribution is -2.43. The Balaban J connectivity index is 1.23. The smallest absolute Gasteiger partial charge is 0.253 e. The molecule has 170 valence electrons. The van der Waals surface area contributed by atoms with Gasteiger partial charge in [-0.1, -0.05) is 42.5 Å². The maximum atomic E-state index is 13.0. The molecule has 2 aliphatic rings. The van der Waals surface area contributed by atoms with Gasteiger partial charge in [-0.3, -0.25) is 4.79 Å². The number of nitrogen functional groups attached to an aromatic ring is 1. The number of anilines is 2. The molecule has 3 heterocycles. The normalized spacial score (nSPS) is 18.7. The van der Waals surface area contributed by atoms with E-state index in [9.17, 15) is 4.79 Å². The van der Waals surface area contributed by atoms with Crippen molar-refractivity contribution < 1.29 is 14.3 Å². The van der Waals surface area contributed by atoms with Gasteiger partial charge in [-0.05, 0) is 42.2 Å². The number of benzene rings is 2. The zero-order valence-corrected chi connectivity index (χ0v) is 18.4. The minimum Gasteiger partial charge on any atom is -0.492 e. The van der Waals surface area contributed by atoms with Gasteiger partial charge in [0.1, 0.15) is 18.2 Å². The molecule has 1 aromatic heterocycles. The number of hydrogen-bond acceptors (Lipinski definition) is 6. The SMILES string of the molecule is Nc1ccnc(N2CCC3(CC2)O[C@@H](C(=O)NCCOc2ccccc2)c2ccccc23)c1. The first-order chi connectivity index (χ1) is 16.1. The van der Waals surface area contributed by atoms with Gasteiger partial charge >= 0.3 is 0 Å². The van der Waals surface area contributed by atoms with Crippen molar-refractivity contribution in [3.05, 3.63) is 84.1 Å². The van der Waals surface area contributed by atoms with Gasteiger partial charge in [-0.15, -0.1) is 0 Å². The maximum absolute atomic E-state index is 13.0. The van der Waals surface area contributed by atoms with Crippen LogP contribution in [0.2, 0.25) is 0 Å². The number of carbonyl (C=O) groups excluding carboxylic acids is 1. The number of nitrogens with two attached hydrogens (primary N) is 1. The number of piperidine rings is 1. The maximum Gasteiger partial charge on any atom is 0.253 e. The molecule has 0 bridgehead atoms. The van der Waals surface area contributed by atoms with Crippen molar-refractivity contribution >= 4 is 17.4 Å². The lowest BCUT2D eigenvalue weighted by Gasteiger charge is -2.40. The third-order valence-electron chi connectivity index (χ3n) is 6.39. The minimum absolute atomic E-state index is 0.129. The number of para-hydroxylation sites is 1. The van der Waals surface area contributed by atoms with E-state index in [2.05, 4.69) is 21.3 Å². The highest BCUT2D eigenvalue weighted by atomic mass is 16.5. The molecule has 0 radical (unpaired) electrons. The summed E-state index contributed by atoms with van der Waals surface area (Å²) in [5.41, 5.74) is 8.25. The summed E-state index contributed by atoms with van der Waals surface area (Å²) in [6, 6.07) is 21.3. The van der Waals surface area contributed by atoms with Gasteiger partial charge in [0.05, 0.1) is 12.1 Å². The van der Waals surface area contributed by atoms with Crippen molar-refractivity contribution in [2.45, 2.75) is 24.5 Å². The summed E-state index contributed by atoms with van der Waals surface area (Å²) in [7, 11) is 0. The minimum atomic E-state index is -0.616. The molecule has 1 amide bonds. The predicted octanol–water partition coefficient (Wildman–Crippen LogP) is 3.43. The van der Waals surface area contributed by atoms with E-state index in [1.807, 2.05) is 54.6 Å². The average molecular weight is 445 g/mol. The Kier molecular flexibility index (Phi) is 5.88. The quantitative estimate of drug-likeness (QED) is 0.566. The Hall–Kier alpha value is -3.58. The van der Waals surface area contributed by atoms with Crippen LogP contribution in [0.25, 0.3) is 0 Å². The van der Waals surface area contributed by atoms with Crippen molar-refractivity contribution in [3.63, 3.8) is 0 Å². The van der Waals surface area contributed by atoms with E-state index >= 15 is 0 Å². The molecule has 1 spiro atoms. The summed E-state index contributed by atoms with van der Waals surface area (Å²) >= 11 is 0. The van der Waals surface area contributed by atoms with Crippen molar-refractivity contribution in [1.29, 1.82) is 0 Å². The second kappa shape index (κ2) is 9.11. The second-order valence-electron chi connectivity index (χ2n) is 8.47. The van der Waals surface area contributed by atoms with E-state index < -0.39 is 11.7 Å². The number of hydrogen-bond donors (Lipinski definition) is 2. The van der Waals surface area contributed by atoms with Crippen molar-refractivity contribution in [2.75, 3.05) is 36.9 Å². The van der Waals surface area contributed by atoms with Crippen LogP contribution in [-0.2, 0) is 15.1 Å². The average Bonchev–Trinajstić information content (AvgIpc) is 3.17. The van der Waals surface area contributed by atoms with Gasteiger partial charge in [0, 0.05) is 31.0 Å². The van der Waals surface area contributed by atoms with Crippen LogP contribution in [0.5, 0.6) is 5.75 Å². The number of nitrogens with zero attached hydrogens (tertiary/aromatic N) is 2. The van der Waals surface area contributed by atoms with Crippen LogP contribution in [0, 0.1) is 0 Å². The molecule has 2 aromatic carbocycles. The lowest BCUT2D eigenvalue weighted by molar-refractivity contribution is -0.147. The summed E-state index contributed by atoms with van der Waals surface area (Å²) in [4.78, 5) is 19.7. The fraction of sp³-hybridized carbons (Fsp3) is 0.308. The van der Waals surface area contributed by atoms with Gasteiger partial charge in [0.2, 0.25) is 0 Å². The first-order valence-corrected chi connectivity index (χ1v) is 11.3. The third-order valence-corrected chi connectivity index (χ3v) is 6.39. The predicted molar refractivity (Wildman–Crippen MR) is 127 cm³/mol. The monoisotopic (exact) mass is 444 g/mol. The molecule has 0 aliphatic carbocycles. The van der Waals surface area contributed by atoms with E-state index in [1.165, 1.54) is 0 Å². The Morgan fingerprint density at radius 3 is 2.67 bits per heavy atom. The molecule has 3 aromatic rings. The Morgan fingerprint density at radius 2 is 1.88 bits per heavy atom. The highest BCUT2D eigenvalue weighted by Crippen LogP contribution is 2.49. The molecule has 7 nitrogen and oxygen atoms in total. The third kappa shape index (κ3) is 4.36. The summed E-state index contributed by atoms with van der Waals surface area (Å²) in [5.74, 6) is 1.54. The number of pyridine rings is 1. The fourth-order valence-corrected chi connectivity index (χ4v) is 4.73. The fourth-order valence-electron chi connectivity index (χ4n) is 4.73. The van der Waals surface area contributed by atoms with Crippen LogP contribution in [-0.4, -0.2) is 37.1 Å². The number of nitrogens with one attached hydrogen (secondary N) is 1. The first kappa shape index (κ1) is 21.3. The lowest BCUT2D eigenvalue weighted by atomic mass is 9.83. The number of aromatic nitrogens is 1. The summed E-state index contributed by atoms with van der Waals surface area (Å²) in [5, 5.41) is 2.98. The van der Waals surface area contributed by atoms with E-state index in [-0.39, 0.29) is 5.91 Å². The molecule has 1 saturated heterocycles. The van der Waals surface area contributed by atoms with Gasteiger partial charge in [-0.2, -0.15) is 0 Å². The largest absolute Gasteiger partial charge is 0.492 e. The summed E-state index contributed by atoms with van der Waals surface area (Å²) < 4.78 is 12.2. The topological polar surface area (TPSA) is 89.7 Å². The van der Waals surface area contributed by atoms with Crippen molar-refractivity contribution in [1.82, 2.24) is 10.3 Å². The highest BCUT2D eigenvalue weighted by Gasteiger charge is 2.48. The number of carbonyl (C=O) groups is 1. The molecule has 5 rings (SSSR count). The number of amides is 1. The van der Waals surface area contributed by atoms with E-state index in [4.69, 9.17) is 15.2 Å². The van der Waals surface area contributed by atoms with Gasteiger partial charge < -0.3 is 25.4 Å². The van der Waals surface area contributed by atoms with Crippen molar-refractivity contribution in [2.24, 2.45) is 0 Å². The number of fused-ring (bicyclic) bond motifs is 2. The molecular formula is C26H28N4O3. The zero-order chi connectivity index (χ0) is 22.7. The molecule has 3 N–H and O–H groups in total. The van der Waals surface area contributed by atoms with E-state index in [1.54, 1.807) is 12.3 Å². The van der Waals surface area contributed by atoms with Gasteiger partial charge in [-0.25, -0.2) is 4.98 Å². The van der Waals surface area contributed by atoms with Crippen LogP contribution >= 0.6 is 0 Å². The Labute approximate surface area is 193 Å². The molecule has 0 unspecified atom stereocenters. The number of ether oxygens (including phenoxy) is 2. The molecule has 0 saturated carbocycles. The molecule has 2 aliphatic heterocycles. The Bertz CT molecular complexity index is 1110. The first-order valence-electron chi connectivity index (χ1n) is 11.3. The van der Waals surface area contributed by atoms with Crippen LogP contribution in [0.3, 0.4) is 0 Å². The van der Waals surface area contributed by atoms with Gasteiger partial charge in [0.15, 0.2) is 6.10 Å². The van der Waals surface area contributed by atoms with E-state index in [0.717, 1.165) is 48.6 Å². The molecule has 1 atom stereocenters. The number of rotatable bonds is 6. The van der Waals surface area contributed by atoms with Crippen LogP contribution < -0.4 is 20.7 Å². The molecule has 33 heavy (non-hydrogen) atoms. The highest BCUT2D eigenvalue weighted by molar-refractivity contribution is 5.83. The standard InChI is InChI=1S/C26H28N4O3/c27-19-10-13-28-23(18-19)30-15-11-26(12-16-30)22-9-5-4-8-21(22)24(33-26)25(31)29-14-17-32-20-6-2-1-3-7-20/h1-10,13,18,24H,11-12,14-17H2,(H2,27,28)(H,29,31)/t24-/m1/s1. The van der Waals surface area contributed by atoms with Crippen LogP contribution in [0.1, 0.15) is 30.1 Å². The molecular weight excluding hydrogens is 416 g/mol. The molecule has 1 fully saturated rings. The zero-order valence-electron chi connectivity index (χ0n) is 18.4. The van der Waals surface area contributed by atoms with Crippen molar-refractivity contribution in [3.8, 4) is 5.75 Å². The summed E-state index contributed by atoms with van der Waals surface area (Å²) in [6.45, 7) is 2.38. The Morgan fingerprint density at radius 1 is 1.12 bits per heavy atom. The van der Waals surface area contributed by atoms with Crippen LogP contribution in [0.4, 0.5) is 11.5 Å². The van der Waals surface area contributed by atoms with Crippen LogP contribution in [0.15, 0.2) is 72.9 Å².